The molecule has 6 nitrogen and oxygen atoms in total. The van der Waals surface area contributed by atoms with Crippen LogP contribution in [0, 0.1) is 11.3 Å². The summed E-state index contributed by atoms with van der Waals surface area (Å²) < 4.78 is 0. The zero-order valence-corrected chi connectivity index (χ0v) is 15.8. The molecule has 0 aromatic heterocycles. The third kappa shape index (κ3) is 4.23. The number of rotatable bonds is 8. The van der Waals surface area contributed by atoms with Crippen molar-refractivity contribution in [1.82, 2.24) is 0 Å². The van der Waals surface area contributed by atoms with E-state index in [1.807, 2.05) is 36.4 Å². The minimum atomic E-state index is -1.29. The second-order valence-corrected chi connectivity index (χ2v) is 7.09. The fourth-order valence-corrected chi connectivity index (χ4v) is 3.27. The van der Waals surface area contributed by atoms with E-state index in [-0.39, 0.29) is 24.2 Å². The van der Waals surface area contributed by atoms with Gasteiger partial charge in [0.2, 0.25) is 0 Å². The van der Waals surface area contributed by atoms with Crippen molar-refractivity contribution in [2.75, 3.05) is 24.6 Å². The molecule has 3 N–H and O–H groups in total. The van der Waals surface area contributed by atoms with Crippen LogP contribution in [0.1, 0.15) is 25.3 Å². The molecular formula is C22H24N2O4. The van der Waals surface area contributed by atoms with E-state index in [0.717, 1.165) is 35.1 Å². The first kappa shape index (κ1) is 20.0. The second kappa shape index (κ2) is 8.53. The van der Waals surface area contributed by atoms with Crippen molar-refractivity contribution in [3.8, 4) is 6.07 Å². The predicted octanol–water partition coefficient (Wildman–Crippen LogP) is 2.02. The molecule has 2 aromatic carbocycles. The lowest BCUT2D eigenvalue weighted by molar-refractivity contribution is -0.116. The van der Waals surface area contributed by atoms with Crippen LogP contribution in [0.2, 0.25) is 0 Å². The van der Waals surface area contributed by atoms with Gasteiger partial charge in [-0.05, 0) is 42.0 Å². The van der Waals surface area contributed by atoms with Gasteiger partial charge in [0.15, 0.2) is 5.78 Å². The lowest BCUT2D eigenvalue weighted by Crippen LogP contribution is -2.29. The third-order valence-electron chi connectivity index (χ3n) is 5.14. The first-order chi connectivity index (χ1) is 13.5. The summed E-state index contributed by atoms with van der Waals surface area (Å²) in [5, 5.41) is 39.7. The predicted molar refractivity (Wildman–Crippen MR) is 108 cm³/mol. The topological polar surface area (TPSA) is 105 Å². The Labute approximate surface area is 163 Å². The van der Waals surface area contributed by atoms with Crippen molar-refractivity contribution in [3.63, 3.8) is 0 Å². The van der Waals surface area contributed by atoms with E-state index in [1.165, 1.54) is 0 Å². The highest BCUT2D eigenvalue weighted by molar-refractivity contribution is 6.07. The number of ketones is 1. The Hall–Kier alpha value is -2.72. The van der Waals surface area contributed by atoms with Crippen LogP contribution in [-0.4, -0.2) is 53.0 Å². The van der Waals surface area contributed by atoms with E-state index in [1.54, 1.807) is 6.92 Å². The fourth-order valence-electron chi connectivity index (χ4n) is 3.27. The SMILES string of the molecule is C/C(=C(/C#N)C(=O)CCC(O)C(O)CO)c1ccc2cccc(N3CC3)c2c1. The van der Waals surface area contributed by atoms with Crippen LogP contribution in [0.4, 0.5) is 5.69 Å². The molecule has 0 bridgehead atoms. The molecule has 3 rings (SSSR count). The highest BCUT2D eigenvalue weighted by atomic mass is 16.4. The third-order valence-corrected chi connectivity index (χ3v) is 5.14. The van der Waals surface area contributed by atoms with E-state index < -0.39 is 18.8 Å². The molecule has 0 spiro atoms. The Morgan fingerprint density at radius 2 is 1.96 bits per heavy atom. The van der Waals surface area contributed by atoms with Crippen molar-refractivity contribution < 1.29 is 20.1 Å². The minimum absolute atomic E-state index is 0.0180. The quantitative estimate of drug-likeness (QED) is 0.368. The molecular weight excluding hydrogens is 356 g/mol. The first-order valence-electron chi connectivity index (χ1n) is 9.35. The van der Waals surface area contributed by atoms with Crippen molar-refractivity contribution in [1.29, 1.82) is 5.26 Å². The first-order valence-corrected chi connectivity index (χ1v) is 9.35. The van der Waals surface area contributed by atoms with Crippen LogP contribution in [0.25, 0.3) is 16.3 Å². The van der Waals surface area contributed by atoms with Crippen molar-refractivity contribution in [2.45, 2.75) is 32.0 Å². The fraction of sp³-hybridized carbons (Fsp3) is 0.364. The number of benzene rings is 2. The molecule has 1 fully saturated rings. The number of carbonyl (C=O) groups is 1. The normalized spacial score (nSPS) is 16.3. The van der Waals surface area contributed by atoms with Crippen LogP contribution >= 0.6 is 0 Å². The Morgan fingerprint density at radius 1 is 1.21 bits per heavy atom. The lowest BCUT2D eigenvalue weighted by Gasteiger charge is -2.15. The molecule has 0 saturated carbocycles. The Morgan fingerprint density at radius 3 is 2.61 bits per heavy atom. The van der Waals surface area contributed by atoms with E-state index >= 15 is 0 Å². The van der Waals surface area contributed by atoms with Gasteiger partial charge < -0.3 is 20.2 Å². The Balaban J connectivity index is 1.88. The maximum atomic E-state index is 12.5. The van der Waals surface area contributed by atoms with Crippen LogP contribution in [0.15, 0.2) is 42.0 Å². The van der Waals surface area contributed by atoms with Gasteiger partial charge >= 0.3 is 0 Å². The van der Waals surface area contributed by atoms with Gasteiger partial charge in [-0.15, -0.1) is 0 Å². The van der Waals surface area contributed by atoms with Crippen LogP contribution in [-0.2, 0) is 4.79 Å². The number of nitriles is 1. The minimum Gasteiger partial charge on any atom is -0.394 e. The number of fused-ring (bicyclic) bond motifs is 1. The number of Topliss-reactive ketones (excluding diaryl/α,β-unsaturated/α-hetero) is 1. The summed E-state index contributed by atoms with van der Waals surface area (Å²) in [5.74, 6) is -0.386. The van der Waals surface area contributed by atoms with Crippen molar-refractivity contribution in [2.24, 2.45) is 0 Å². The van der Waals surface area contributed by atoms with Gasteiger partial charge in [0.05, 0.1) is 18.3 Å². The number of allylic oxidation sites excluding steroid dienone is 2. The highest BCUT2D eigenvalue weighted by Gasteiger charge is 2.22. The second-order valence-electron chi connectivity index (χ2n) is 7.09. The zero-order valence-electron chi connectivity index (χ0n) is 15.8. The number of anilines is 1. The number of carbonyl (C=O) groups excluding carboxylic acids is 1. The summed E-state index contributed by atoms with van der Waals surface area (Å²) in [5.41, 5.74) is 2.60. The maximum absolute atomic E-state index is 12.5. The summed E-state index contributed by atoms with van der Waals surface area (Å²) in [7, 11) is 0. The molecule has 1 saturated heterocycles. The molecule has 146 valence electrons. The number of hydrogen-bond donors (Lipinski definition) is 3. The Kier molecular flexibility index (Phi) is 6.10. The number of aliphatic hydroxyl groups is 3. The largest absolute Gasteiger partial charge is 0.394 e. The summed E-state index contributed by atoms with van der Waals surface area (Å²) in [6, 6.07) is 14.0. The highest BCUT2D eigenvalue weighted by Crippen LogP contribution is 2.33. The Bertz CT molecular complexity index is 957. The summed E-state index contributed by atoms with van der Waals surface area (Å²) in [6.45, 7) is 3.23. The smallest absolute Gasteiger partial charge is 0.173 e. The number of aliphatic hydroxyl groups excluding tert-OH is 3. The van der Waals surface area contributed by atoms with Crippen LogP contribution < -0.4 is 4.90 Å². The molecule has 2 atom stereocenters. The van der Waals surface area contributed by atoms with Crippen LogP contribution in [0.5, 0.6) is 0 Å². The van der Waals surface area contributed by atoms with Crippen molar-refractivity contribution in [3.05, 3.63) is 47.5 Å². The molecule has 28 heavy (non-hydrogen) atoms. The molecule has 1 heterocycles. The molecule has 2 aromatic rings. The number of hydrogen-bond acceptors (Lipinski definition) is 6. The molecule has 0 amide bonds. The van der Waals surface area contributed by atoms with E-state index in [9.17, 15) is 20.3 Å². The summed E-state index contributed by atoms with van der Waals surface area (Å²) in [4.78, 5) is 14.8. The zero-order chi connectivity index (χ0) is 20.3. The molecule has 6 heteroatoms. The van der Waals surface area contributed by atoms with Gasteiger partial charge in [-0.25, -0.2) is 0 Å². The van der Waals surface area contributed by atoms with E-state index in [2.05, 4.69) is 11.0 Å². The van der Waals surface area contributed by atoms with Gasteiger partial charge in [-0.1, -0.05) is 24.3 Å². The number of nitrogens with zero attached hydrogens (tertiary/aromatic N) is 2. The van der Waals surface area contributed by atoms with Crippen LogP contribution in [0.3, 0.4) is 0 Å². The average molecular weight is 380 g/mol. The van der Waals surface area contributed by atoms with Gasteiger partial charge in [0.25, 0.3) is 0 Å². The average Bonchev–Trinajstić information content (AvgIpc) is 3.56. The monoisotopic (exact) mass is 380 g/mol. The van der Waals surface area contributed by atoms with Gasteiger partial charge in [0, 0.05) is 30.6 Å². The molecule has 1 aliphatic rings. The van der Waals surface area contributed by atoms with Crippen molar-refractivity contribution >= 4 is 27.8 Å². The molecule has 2 unspecified atom stereocenters. The maximum Gasteiger partial charge on any atom is 0.173 e. The lowest BCUT2D eigenvalue weighted by atomic mass is 9.94. The summed E-state index contributed by atoms with van der Waals surface area (Å²) in [6.07, 6.45) is -2.59. The molecule has 0 radical (unpaired) electrons. The van der Waals surface area contributed by atoms with Gasteiger partial charge in [-0.2, -0.15) is 5.26 Å². The standard InChI is InChI=1S/C22H24N2O4/c1-14(18(12-23)20(26)7-8-21(27)22(28)13-25)16-6-5-15-3-2-4-19(17(15)11-16)24-9-10-24/h2-6,11,21-22,25,27-28H,7-10,13H2,1H3/b18-14+. The van der Waals surface area contributed by atoms with E-state index in [0.29, 0.717) is 5.57 Å². The summed E-state index contributed by atoms with van der Waals surface area (Å²) >= 11 is 0. The van der Waals surface area contributed by atoms with Gasteiger partial charge in [-0.3, -0.25) is 4.79 Å². The van der Waals surface area contributed by atoms with E-state index in [4.69, 9.17) is 5.11 Å². The molecule has 1 aliphatic heterocycles. The molecule has 0 aliphatic carbocycles. The van der Waals surface area contributed by atoms with Gasteiger partial charge in [0.1, 0.15) is 12.2 Å².